The number of allylic oxidation sites excluding steroid dienone is 2. The highest BCUT2D eigenvalue weighted by atomic mass is 16.6. The summed E-state index contributed by atoms with van der Waals surface area (Å²) in [6, 6.07) is 0. The molecule has 0 radical (unpaired) electrons. The van der Waals surface area contributed by atoms with Crippen LogP contribution in [0, 0.1) is 11.8 Å². The van der Waals surface area contributed by atoms with Crippen molar-refractivity contribution in [3.05, 3.63) is 25.0 Å². The van der Waals surface area contributed by atoms with Crippen LogP contribution in [0.15, 0.2) is 25.0 Å². The van der Waals surface area contributed by atoms with E-state index in [1.165, 1.54) is 12.8 Å². The highest BCUT2D eigenvalue weighted by Crippen LogP contribution is 2.36. The molecule has 0 aromatic carbocycles. The van der Waals surface area contributed by atoms with Crippen LogP contribution in [0.2, 0.25) is 0 Å². The van der Waals surface area contributed by atoms with Gasteiger partial charge < -0.3 is 9.47 Å². The topological polar surface area (TPSA) is 38.8 Å². The van der Waals surface area contributed by atoms with Crippen LogP contribution in [0.5, 0.6) is 0 Å². The van der Waals surface area contributed by atoms with Gasteiger partial charge in [0, 0.05) is 0 Å². The molecule has 118 valence electrons. The summed E-state index contributed by atoms with van der Waals surface area (Å²) in [6.07, 6.45) is 8.70. The van der Waals surface area contributed by atoms with Gasteiger partial charge in [-0.15, -0.1) is 6.58 Å². The Morgan fingerprint density at radius 3 is 2.52 bits per heavy atom. The second kappa shape index (κ2) is 5.84. The van der Waals surface area contributed by atoms with Crippen LogP contribution in [-0.4, -0.2) is 28.9 Å². The maximum atomic E-state index is 12.4. The largest absolute Gasteiger partial charge is 0.418 e. The van der Waals surface area contributed by atoms with Crippen LogP contribution in [0.4, 0.5) is 4.79 Å². The fourth-order valence-corrected chi connectivity index (χ4v) is 3.48. The molecule has 4 nitrogen and oxygen atoms in total. The van der Waals surface area contributed by atoms with Crippen molar-refractivity contribution in [3.63, 3.8) is 0 Å². The number of hydrogen-bond donors (Lipinski definition) is 0. The fourth-order valence-electron chi connectivity index (χ4n) is 3.48. The van der Waals surface area contributed by atoms with Gasteiger partial charge in [0.15, 0.2) is 0 Å². The van der Waals surface area contributed by atoms with Gasteiger partial charge in [-0.25, -0.2) is 4.79 Å². The van der Waals surface area contributed by atoms with Gasteiger partial charge in [-0.3, -0.25) is 4.90 Å². The van der Waals surface area contributed by atoms with Gasteiger partial charge in [0.05, 0.1) is 18.4 Å². The third-order valence-corrected chi connectivity index (χ3v) is 4.53. The molecule has 1 saturated heterocycles. The normalized spacial score (nSPS) is 30.8. The Labute approximate surface area is 127 Å². The molecule has 0 N–H and O–H groups in total. The number of nitrogens with zero attached hydrogens (tertiary/aromatic N) is 1. The molecule has 1 aliphatic heterocycles. The first kappa shape index (κ1) is 16.1. The zero-order chi connectivity index (χ0) is 15.7. The van der Waals surface area contributed by atoms with E-state index in [0.717, 1.165) is 6.42 Å². The molecule has 1 heterocycles. The van der Waals surface area contributed by atoms with Crippen LogP contribution in [0.3, 0.4) is 0 Å². The molecule has 2 atom stereocenters. The smallest absolute Gasteiger partial charge is 0.417 e. The Hall–Kier alpha value is -1.29. The van der Waals surface area contributed by atoms with Crippen molar-refractivity contribution >= 4 is 6.09 Å². The summed E-state index contributed by atoms with van der Waals surface area (Å²) >= 11 is 0. The lowest BCUT2D eigenvalue weighted by molar-refractivity contribution is -0.0463. The van der Waals surface area contributed by atoms with E-state index in [1.54, 1.807) is 11.2 Å². The zero-order valence-corrected chi connectivity index (χ0v) is 13.6. The minimum Gasteiger partial charge on any atom is -0.418 e. The van der Waals surface area contributed by atoms with E-state index in [-0.39, 0.29) is 11.6 Å². The highest BCUT2D eigenvalue weighted by Gasteiger charge is 2.49. The fraction of sp³-hybridized carbons (Fsp3) is 0.706. The van der Waals surface area contributed by atoms with Crippen LogP contribution in [-0.2, 0) is 9.47 Å². The van der Waals surface area contributed by atoms with Crippen LogP contribution >= 0.6 is 0 Å². The van der Waals surface area contributed by atoms with Gasteiger partial charge in [0.2, 0.25) is 0 Å². The van der Waals surface area contributed by atoms with Crippen molar-refractivity contribution in [1.82, 2.24) is 4.90 Å². The lowest BCUT2D eigenvalue weighted by Crippen LogP contribution is -2.52. The van der Waals surface area contributed by atoms with Crippen molar-refractivity contribution in [2.75, 3.05) is 6.61 Å². The molecular formula is C17H27NO3. The summed E-state index contributed by atoms with van der Waals surface area (Å²) in [6.45, 7) is 12.1. The third-order valence-electron chi connectivity index (χ3n) is 4.53. The van der Waals surface area contributed by atoms with Crippen molar-refractivity contribution in [3.8, 4) is 0 Å². The Morgan fingerprint density at radius 1 is 1.29 bits per heavy atom. The minimum absolute atomic E-state index is 0.355. The van der Waals surface area contributed by atoms with E-state index in [2.05, 4.69) is 6.58 Å². The molecule has 0 aromatic rings. The van der Waals surface area contributed by atoms with Gasteiger partial charge in [0.25, 0.3) is 0 Å². The van der Waals surface area contributed by atoms with Crippen LogP contribution in [0.25, 0.3) is 0 Å². The third kappa shape index (κ3) is 3.31. The number of hydrogen-bond acceptors (Lipinski definition) is 3. The van der Waals surface area contributed by atoms with E-state index in [9.17, 15) is 4.79 Å². The van der Waals surface area contributed by atoms with Crippen molar-refractivity contribution in [2.24, 2.45) is 11.8 Å². The molecule has 21 heavy (non-hydrogen) atoms. The predicted octanol–water partition coefficient (Wildman–Crippen LogP) is 4.09. The predicted molar refractivity (Wildman–Crippen MR) is 82.6 cm³/mol. The van der Waals surface area contributed by atoms with E-state index in [0.29, 0.717) is 18.4 Å². The van der Waals surface area contributed by atoms with Crippen molar-refractivity contribution in [2.45, 2.75) is 58.2 Å². The Balaban J connectivity index is 1.97. The number of carbonyl (C=O) groups is 1. The van der Waals surface area contributed by atoms with Gasteiger partial charge >= 0.3 is 6.09 Å². The minimum atomic E-state index is -0.633. The van der Waals surface area contributed by atoms with Gasteiger partial charge in [-0.05, 0) is 58.4 Å². The van der Waals surface area contributed by atoms with E-state index >= 15 is 0 Å². The van der Waals surface area contributed by atoms with Crippen LogP contribution < -0.4 is 0 Å². The molecule has 0 unspecified atom stereocenters. The number of carbonyl (C=O) groups excluding carboxylic acids is 1. The summed E-state index contributed by atoms with van der Waals surface area (Å²) < 4.78 is 11.0. The molecule has 2 rings (SSSR count). The lowest BCUT2D eigenvalue weighted by Gasteiger charge is -2.36. The number of ether oxygens (including phenoxy) is 2. The van der Waals surface area contributed by atoms with E-state index < -0.39 is 5.72 Å². The molecule has 0 bridgehead atoms. The standard InChI is InChI=1S/C17H27NO3/c1-6-13-8-7-9-14(13)10-11-20-15(19)18-16(2,3)12-21-17(18,4)5/h6,10-11,13-14H,1,7-9,12H2,2-5H3/b11-10-/t13-,14-/m0/s1. The zero-order valence-electron chi connectivity index (χ0n) is 13.6. The Kier molecular flexibility index (Phi) is 4.47. The maximum absolute atomic E-state index is 12.4. The van der Waals surface area contributed by atoms with Crippen molar-refractivity contribution in [1.29, 1.82) is 0 Å². The average molecular weight is 293 g/mol. The quantitative estimate of drug-likeness (QED) is 0.581. The molecule has 2 fully saturated rings. The monoisotopic (exact) mass is 293 g/mol. The van der Waals surface area contributed by atoms with E-state index in [1.807, 2.05) is 39.8 Å². The van der Waals surface area contributed by atoms with Gasteiger partial charge in [-0.2, -0.15) is 0 Å². The van der Waals surface area contributed by atoms with E-state index in [4.69, 9.17) is 9.47 Å². The molecule has 0 spiro atoms. The molecule has 1 aliphatic carbocycles. The molecule has 1 amide bonds. The Bertz CT molecular complexity index is 423. The first-order valence-corrected chi connectivity index (χ1v) is 7.72. The Morgan fingerprint density at radius 2 is 1.95 bits per heavy atom. The maximum Gasteiger partial charge on any atom is 0.417 e. The molecule has 2 aliphatic rings. The molecule has 1 saturated carbocycles. The highest BCUT2D eigenvalue weighted by molar-refractivity contribution is 5.70. The second-order valence-electron chi connectivity index (χ2n) is 7.09. The summed E-state index contributed by atoms with van der Waals surface area (Å²) in [5, 5.41) is 0. The average Bonchev–Trinajstić information content (AvgIpc) is 2.91. The summed E-state index contributed by atoms with van der Waals surface area (Å²) in [5.74, 6) is 0.939. The van der Waals surface area contributed by atoms with Gasteiger partial charge in [-0.1, -0.05) is 12.5 Å². The second-order valence-corrected chi connectivity index (χ2v) is 7.09. The number of rotatable bonds is 3. The number of amides is 1. The molecular weight excluding hydrogens is 266 g/mol. The summed E-state index contributed by atoms with van der Waals surface area (Å²) in [5.41, 5.74) is -0.989. The molecule has 0 aromatic heterocycles. The van der Waals surface area contributed by atoms with Crippen LogP contribution in [0.1, 0.15) is 47.0 Å². The lowest BCUT2D eigenvalue weighted by atomic mass is 9.96. The first-order valence-electron chi connectivity index (χ1n) is 7.72. The molecule has 4 heteroatoms. The van der Waals surface area contributed by atoms with Crippen molar-refractivity contribution < 1.29 is 14.3 Å². The first-order chi connectivity index (χ1) is 9.78. The summed E-state index contributed by atoms with van der Waals surface area (Å²) in [7, 11) is 0. The SMILES string of the molecule is C=C[C@H]1CCC[C@H]1/C=C\OC(=O)N1C(C)(C)COC1(C)C. The summed E-state index contributed by atoms with van der Waals surface area (Å²) in [4.78, 5) is 14.0. The van der Waals surface area contributed by atoms with Gasteiger partial charge in [0.1, 0.15) is 5.72 Å².